The van der Waals surface area contributed by atoms with Crippen LogP contribution in [0.2, 0.25) is 0 Å². The van der Waals surface area contributed by atoms with E-state index in [-0.39, 0.29) is 0 Å². The van der Waals surface area contributed by atoms with Gasteiger partial charge < -0.3 is 5.32 Å². The minimum absolute atomic E-state index is 0.501. The second-order valence-corrected chi connectivity index (χ2v) is 5.24. The first-order valence-electron chi connectivity index (χ1n) is 6.92. The van der Waals surface area contributed by atoms with Gasteiger partial charge in [-0.05, 0) is 18.4 Å². The SMILES string of the molecule is CC(C)Cc1cc(NCc2nc3ncccn3n2)ncn1. The van der Waals surface area contributed by atoms with Crippen LogP contribution in [0.15, 0.2) is 30.9 Å². The van der Waals surface area contributed by atoms with Crippen LogP contribution in [0.25, 0.3) is 5.78 Å². The maximum Gasteiger partial charge on any atom is 0.252 e. The summed E-state index contributed by atoms with van der Waals surface area (Å²) < 4.78 is 1.65. The monoisotopic (exact) mass is 283 g/mol. The number of anilines is 1. The van der Waals surface area contributed by atoms with Gasteiger partial charge in [0.25, 0.3) is 5.78 Å². The number of rotatable bonds is 5. The highest BCUT2D eigenvalue weighted by Crippen LogP contribution is 2.09. The molecule has 1 N–H and O–H groups in total. The van der Waals surface area contributed by atoms with Crippen molar-refractivity contribution >= 4 is 11.6 Å². The number of hydrogen-bond acceptors (Lipinski definition) is 6. The van der Waals surface area contributed by atoms with Gasteiger partial charge in [0.2, 0.25) is 0 Å². The summed E-state index contributed by atoms with van der Waals surface area (Å²) in [4.78, 5) is 17.0. The summed E-state index contributed by atoms with van der Waals surface area (Å²) in [5, 5.41) is 7.55. The van der Waals surface area contributed by atoms with Crippen LogP contribution in [0.3, 0.4) is 0 Å². The quantitative estimate of drug-likeness (QED) is 0.768. The Bertz CT molecular complexity index is 702. The number of aromatic nitrogens is 6. The lowest BCUT2D eigenvalue weighted by atomic mass is 10.1. The molecule has 21 heavy (non-hydrogen) atoms. The normalized spacial score (nSPS) is 11.2. The van der Waals surface area contributed by atoms with Gasteiger partial charge in [0.1, 0.15) is 12.1 Å². The Morgan fingerprint density at radius 2 is 2.14 bits per heavy atom. The molecule has 0 radical (unpaired) electrons. The summed E-state index contributed by atoms with van der Waals surface area (Å²) in [5.41, 5.74) is 1.03. The fraction of sp³-hybridized carbons (Fsp3) is 0.357. The third-order valence-corrected chi connectivity index (χ3v) is 2.93. The van der Waals surface area contributed by atoms with E-state index < -0.39 is 0 Å². The molecule has 0 bridgehead atoms. The minimum Gasteiger partial charge on any atom is -0.363 e. The molecule has 0 fully saturated rings. The van der Waals surface area contributed by atoms with E-state index in [9.17, 15) is 0 Å². The van der Waals surface area contributed by atoms with Gasteiger partial charge in [-0.3, -0.25) is 0 Å². The Kier molecular flexibility index (Phi) is 3.72. The Labute approximate surface area is 122 Å². The predicted octanol–water partition coefficient (Wildman–Crippen LogP) is 1.72. The fourth-order valence-corrected chi connectivity index (χ4v) is 2.04. The van der Waals surface area contributed by atoms with Gasteiger partial charge in [-0.1, -0.05) is 13.8 Å². The van der Waals surface area contributed by atoms with Crippen LogP contribution < -0.4 is 5.32 Å². The highest BCUT2D eigenvalue weighted by atomic mass is 15.3. The molecule has 0 spiro atoms. The fourth-order valence-electron chi connectivity index (χ4n) is 2.04. The Hall–Kier alpha value is -2.57. The molecule has 0 aliphatic heterocycles. The van der Waals surface area contributed by atoms with Crippen LogP contribution in [-0.4, -0.2) is 29.5 Å². The van der Waals surface area contributed by atoms with Crippen molar-refractivity contribution in [2.75, 3.05) is 5.32 Å². The number of hydrogen-bond donors (Lipinski definition) is 1. The van der Waals surface area contributed by atoms with Gasteiger partial charge in [0, 0.05) is 24.2 Å². The summed E-state index contributed by atoms with van der Waals surface area (Å²) in [7, 11) is 0. The molecule has 0 aliphatic carbocycles. The van der Waals surface area contributed by atoms with E-state index in [2.05, 4.69) is 44.2 Å². The van der Waals surface area contributed by atoms with Crippen LogP contribution in [0.1, 0.15) is 25.4 Å². The van der Waals surface area contributed by atoms with Crippen molar-refractivity contribution < 1.29 is 0 Å². The van der Waals surface area contributed by atoms with Gasteiger partial charge in [0.15, 0.2) is 5.82 Å². The van der Waals surface area contributed by atoms with E-state index in [4.69, 9.17) is 0 Å². The van der Waals surface area contributed by atoms with Crippen molar-refractivity contribution in [3.63, 3.8) is 0 Å². The van der Waals surface area contributed by atoms with E-state index in [1.54, 1.807) is 17.0 Å². The van der Waals surface area contributed by atoms with Crippen molar-refractivity contribution in [1.29, 1.82) is 0 Å². The summed E-state index contributed by atoms with van der Waals surface area (Å²) in [6, 6.07) is 3.79. The lowest BCUT2D eigenvalue weighted by Crippen LogP contribution is -2.05. The molecule has 0 atom stereocenters. The van der Waals surface area contributed by atoms with E-state index in [0.717, 1.165) is 17.9 Å². The Morgan fingerprint density at radius 3 is 2.95 bits per heavy atom. The maximum atomic E-state index is 4.34. The van der Waals surface area contributed by atoms with Gasteiger partial charge >= 0.3 is 0 Å². The predicted molar refractivity (Wildman–Crippen MR) is 78.7 cm³/mol. The number of nitrogens with one attached hydrogen (secondary N) is 1. The lowest BCUT2D eigenvalue weighted by molar-refractivity contribution is 0.634. The molecule has 0 unspecified atom stereocenters. The molecule has 3 aromatic rings. The number of fused-ring (bicyclic) bond motifs is 1. The van der Waals surface area contributed by atoms with Crippen LogP contribution >= 0.6 is 0 Å². The molecule has 3 heterocycles. The van der Waals surface area contributed by atoms with E-state index in [1.165, 1.54) is 0 Å². The molecular formula is C14H17N7. The van der Waals surface area contributed by atoms with E-state index in [0.29, 0.717) is 24.1 Å². The zero-order valence-corrected chi connectivity index (χ0v) is 12.1. The maximum absolute atomic E-state index is 4.34. The Morgan fingerprint density at radius 1 is 1.24 bits per heavy atom. The summed E-state index contributed by atoms with van der Waals surface area (Å²) in [5.74, 6) is 2.63. The van der Waals surface area contributed by atoms with Gasteiger partial charge in [-0.15, -0.1) is 5.10 Å². The molecule has 0 amide bonds. The standard InChI is InChI=1S/C14H17N7/c1-10(2)6-11-7-12(18-9-17-11)16-8-13-19-14-15-4-3-5-21(14)20-13/h3-5,7,9-10H,6,8H2,1-2H3,(H,16,17,18). The Balaban J connectivity index is 1.69. The average Bonchev–Trinajstić information content (AvgIpc) is 2.87. The van der Waals surface area contributed by atoms with Crippen molar-refractivity contribution in [2.45, 2.75) is 26.8 Å². The molecule has 0 aromatic carbocycles. The molecule has 0 saturated heterocycles. The number of nitrogens with zero attached hydrogens (tertiary/aromatic N) is 6. The van der Waals surface area contributed by atoms with Crippen LogP contribution in [0.5, 0.6) is 0 Å². The lowest BCUT2D eigenvalue weighted by Gasteiger charge is -2.06. The summed E-state index contributed by atoms with van der Waals surface area (Å²) >= 11 is 0. The largest absolute Gasteiger partial charge is 0.363 e. The summed E-state index contributed by atoms with van der Waals surface area (Å²) in [6.45, 7) is 4.84. The van der Waals surface area contributed by atoms with Gasteiger partial charge in [0.05, 0.1) is 6.54 Å². The molecule has 3 rings (SSSR count). The average molecular weight is 283 g/mol. The molecule has 0 aliphatic rings. The first-order valence-corrected chi connectivity index (χ1v) is 6.92. The summed E-state index contributed by atoms with van der Waals surface area (Å²) in [6.07, 6.45) is 6.04. The molecular weight excluding hydrogens is 266 g/mol. The zero-order chi connectivity index (χ0) is 14.7. The minimum atomic E-state index is 0.501. The first kappa shape index (κ1) is 13.4. The van der Waals surface area contributed by atoms with Crippen LogP contribution in [0.4, 0.5) is 5.82 Å². The van der Waals surface area contributed by atoms with Crippen molar-refractivity contribution in [2.24, 2.45) is 5.92 Å². The highest BCUT2D eigenvalue weighted by Gasteiger charge is 2.05. The highest BCUT2D eigenvalue weighted by molar-refractivity contribution is 5.35. The van der Waals surface area contributed by atoms with E-state index >= 15 is 0 Å². The first-order chi connectivity index (χ1) is 10.2. The van der Waals surface area contributed by atoms with Gasteiger partial charge in [-0.25, -0.2) is 19.5 Å². The van der Waals surface area contributed by atoms with Crippen molar-refractivity contribution in [3.05, 3.63) is 42.4 Å². The third-order valence-electron chi connectivity index (χ3n) is 2.93. The van der Waals surface area contributed by atoms with E-state index in [1.807, 2.05) is 18.3 Å². The zero-order valence-electron chi connectivity index (χ0n) is 12.1. The second-order valence-electron chi connectivity index (χ2n) is 5.24. The topological polar surface area (TPSA) is 80.9 Å². The smallest absolute Gasteiger partial charge is 0.252 e. The van der Waals surface area contributed by atoms with Gasteiger partial charge in [-0.2, -0.15) is 4.98 Å². The second kappa shape index (κ2) is 5.82. The van der Waals surface area contributed by atoms with Crippen molar-refractivity contribution in [3.8, 4) is 0 Å². The van der Waals surface area contributed by atoms with Crippen molar-refractivity contribution in [1.82, 2.24) is 29.5 Å². The van der Waals surface area contributed by atoms with Crippen LogP contribution in [-0.2, 0) is 13.0 Å². The molecule has 108 valence electrons. The molecule has 0 saturated carbocycles. The molecule has 7 heteroatoms. The molecule has 7 nitrogen and oxygen atoms in total. The third kappa shape index (κ3) is 3.31. The van der Waals surface area contributed by atoms with Crippen LogP contribution in [0, 0.1) is 5.92 Å². The molecule has 3 aromatic heterocycles.